The summed E-state index contributed by atoms with van der Waals surface area (Å²) in [7, 11) is 0. The number of hydrogen-bond acceptors (Lipinski definition) is 3. The van der Waals surface area contributed by atoms with Gasteiger partial charge in [-0.15, -0.1) is 0 Å². The number of hydrogen-bond donors (Lipinski definition) is 1. The minimum absolute atomic E-state index is 0.0969. The lowest BCUT2D eigenvalue weighted by atomic mass is 10.1. The lowest BCUT2D eigenvalue weighted by Crippen LogP contribution is -2.20. The molecule has 0 atom stereocenters. The van der Waals surface area contributed by atoms with Crippen molar-refractivity contribution in [1.29, 1.82) is 0 Å². The third-order valence-electron chi connectivity index (χ3n) is 2.80. The molecule has 4 heteroatoms. The number of fused-ring (bicyclic) bond motifs is 1. The summed E-state index contributed by atoms with van der Waals surface area (Å²) in [5.41, 5.74) is 1.89. The Balaban J connectivity index is 0.000000829. The Hall–Kier alpha value is -1.84. The predicted octanol–water partition coefficient (Wildman–Crippen LogP) is 3.79. The third kappa shape index (κ3) is 3.38. The zero-order chi connectivity index (χ0) is 15.9. The molecule has 0 saturated carbocycles. The van der Waals surface area contributed by atoms with Crippen LogP contribution in [0.2, 0.25) is 0 Å². The van der Waals surface area contributed by atoms with Crippen molar-refractivity contribution in [2.24, 2.45) is 0 Å². The highest BCUT2D eigenvalue weighted by Crippen LogP contribution is 2.26. The number of aryl methyl sites for hydroxylation is 3. The Labute approximate surface area is 121 Å². The zero-order valence-corrected chi connectivity index (χ0v) is 13.6. The monoisotopic (exact) mass is 278 g/mol. The SMILES string of the molecule is CC.CC.CCn1cnc2c(O)c(C)cc(C)c2c1=O. The normalized spacial score (nSPS) is 9.35. The number of aromatic hydroxyl groups is 1. The zero-order valence-electron chi connectivity index (χ0n) is 13.6. The van der Waals surface area contributed by atoms with Gasteiger partial charge in [-0.3, -0.25) is 9.36 Å². The van der Waals surface area contributed by atoms with Crippen LogP contribution in [-0.2, 0) is 6.54 Å². The first-order chi connectivity index (χ1) is 9.56. The summed E-state index contributed by atoms with van der Waals surface area (Å²) < 4.78 is 1.53. The predicted molar refractivity (Wildman–Crippen MR) is 85.5 cm³/mol. The van der Waals surface area contributed by atoms with Crippen molar-refractivity contribution in [3.8, 4) is 5.75 Å². The molecule has 0 saturated heterocycles. The quantitative estimate of drug-likeness (QED) is 0.863. The molecule has 0 radical (unpaired) electrons. The molecule has 2 rings (SSSR count). The second-order valence-corrected chi connectivity index (χ2v) is 3.92. The Morgan fingerprint density at radius 1 is 1.15 bits per heavy atom. The Morgan fingerprint density at radius 2 is 1.70 bits per heavy atom. The van der Waals surface area contributed by atoms with E-state index >= 15 is 0 Å². The van der Waals surface area contributed by atoms with Gasteiger partial charge in [0.2, 0.25) is 0 Å². The summed E-state index contributed by atoms with van der Waals surface area (Å²) in [5.74, 6) is 0.0981. The van der Waals surface area contributed by atoms with E-state index in [4.69, 9.17) is 0 Å². The van der Waals surface area contributed by atoms with Crippen molar-refractivity contribution in [2.45, 2.75) is 55.0 Å². The molecule has 0 unspecified atom stereocenters. The number of phenolic OH excluding ortho intramolecular Hbond substituents is 1. The van der Waals surface area contributed by atoms with E-state index in [0.717, 1.165) is 11.1 Å². The molecule has 20 heavy (non-hydrogen) atoms. The molecule has 0 aliphatic rings. The van der Waals surface area contributed by atoms with E-state index in [1.54, 1.807) is 13.0 Å². The number of aromatic nitrogens is 2. The minimum Gasteiger partial charge on any atom is -0.505 e. The minimum atomic E-state index is -0.0969. The van der Waals surface area contributed by atoms with Crippen LogP contribution in [0, 0.1) is 13.8 Å². The first-order valence-electron chi connectivity index (χ1n) is 7.24. The van der Waals surface area contributed by atoms with E-state index in [9.17, 15) is 9.90 Å². The van der Waals surface area contributed by atoms with Gasteiger partial charge in [0, 0.05) is 6.54 Å². The highest BCUT2D eigenvalue weighted by atomic mass is 16.3. The molecule has 0 fully saturated rings. The fourth-order valence-electron chi connectivity index (χ4n) is 1.90. The van der Waals surface area contributed by atoms with Gasteiger partial charge in [-0.1, -0.05) is 33.8 Å². The van der Waals surface area contributed by atoms with Gasteiger partial charge in [-0.25, -0.2) is 4.98 Å². The highest BCUT2D eigenvalue weighted by Gasteiger charge is 2.12. The van der Waals surface area contributed by atoms with E-state index < -0.39 is 0 Å². The van der Waals surface area contributed by atoms with Crippen LogP contribution < -0.4 is 5.56 Å². The van der Waals surface area contributed by atoms with E-state index in [1.807, 2.05) is 41.5 Å². The number of rotatable bonds is 1. The van der Waals surface area contributed by atoms with Gasteiger partial charge in [0.1, 0.15) is 11.3 Å². The maximum absolute atomic E-state index is 12.1. The summed E-state index contributed by atoms with van der Waals surface area (Å²) in [6.07, 6.45) is 1.48. The molecule has 0 amide bonds. The molecule has 0 bridgehead atoms. The smallest absolute Gasteiger partial charge is 0.261 e. The van der Waals surface area contributed by atoms with Gasteiger partial charge in [0.15, 0.2) is 0 Å². The van der Waals surface area contributed by atoms with Gasteiger partial charge >= 0.3 is 0 Å². The van der Waals surface area contributed by atoms with Crippen LogP contribution in [0.1, 0.15) is 45.7 Å². The fourth-order valence-corrected chi connectivity index (χ4v) is 1.90. The molecule has 1 N–H and O–H groups in total. The van der Waals surface area contributed by atoms with Crippen LogP contribution in [0.3, 0.4) is 0 Å². The van der Waals surface area contributed by atoms with Gasteiger partial charge < -0.3 is 5.11 Å². The third-order valence-corrected chi connectivity index (χ3v) is 2.80. The Bertz CT molecular complexity index is 616. The van der Waals surface area contributed by atoms with Crippen molar-refractivity contribution in [3.05, 3.63) is 33.9 Å². The Kier molecular flexibility index (Phi) is 7.59. The standard InChI is InChI=1S/C12H14N2O2.2C2H6/c1-4-14-6-13-10-9(12(14)16)7(2)5-8(3)11(10)15;2*1-2/h5-6,15H,4H2,1-3H3;2*1-2H3. The van der Waals surface area contributed by atoms with E-state index in [2.05, 4.69) is 4.98 Å². The molecule has 0 aliphatic carbocycles. The second kappa shape index (κ2) is 8.35. The van der Waals surface area contributed by atoms with Crippen LogP contribution in [0.25, 0.3) is 10.9 Å². The molecule has 1 heterocycles. The van der Waals surface area contributed by atoms with E-state index in [0.29, 0.717) is 17.4 Å². The molecule has 4 nitrogen and oxygen atoms in total. The van der Waals surface area contributed by atoms with Crippen molar-refractivity contribution < 1.29 is 5.11 Å². The molecule has 2 aromatic rings. The molecular formula is C16H26N2O2. The number of benzene rings is 1. The van der Waals surface area contributed by atoms with Gasteiger partial charge in [-0.05, 0) is 31.9 Å². The lowest BCUT2D eigenvalue weighted by Gasteiger charge is -2.08. The van der Waals surface area contributed by atoms with Crippen LogP contribution in [-0.4, -0.2) is 14.7 Å². The van der Waals surface area contributed by atoms with Crippen molar-refractivity contribution in [1.82, 2.24) is 9.55 Å². The molecular weight excluding hydrogens is 252 g/mol. The van der Waals surface area contributed by atoms with Gasteiger partial charge in [0.05, 0.1) is 11.7 Å². The van der Waals surface area contributed by atoms with Gasteiger partial charge in [-0.2, -0.15) is 0 Å². The van der Waals surface area contributed by atoms with Crippen LogP contribution in [0.4, 0.5) is 0 Å². The number of phenols is 1. The Morgan fingerprint density at radius 3 is 2.20 bits per heavy atom. The first kappa shape index (κ1) is 18.2. The summed E-state index contributed by atoms with van der Waals surface area (Å²) in [6, 6.07) is 1.81. The maximum atomic E-state index is 12.1. The maximum Gasteiger partial charge on any atom is 0.261 e. The van der Waals surface area contributed by atoms with Crippen molar-refractivity contribution >= 4 is 10.9 Å². The summed E-state index contributed by atoms with van der Waals surface area (Å²) in [4.78, 5) is 16.2. The number of nitrogens with zero attached hydrogens (tertiary/aromatic N) is 2. The van der Waals surface area contributed by atoms with Gasteiger partial charge in [0.25, 0.3) is 5.56 Å². The average Bonchev–Trinajstić information content (AvgIpc) is 2.48. The average molecular weight is 278 g/mol. The molecule has 1 aromatic heterocycles. The van der Waals surface area contributed by atoms with Crippen molar-refractivity contribution in [2.75, 3.05) is 0 Å². The molecule has 0 aliphatic heterocycles. The van der Waals surface area contributed by atoms with Crippen molar-refractivity contribution in [3.63, 3.8) is 0 Å². The highest BCUT2D eigenvalue weighted by molar-refractivity contribution is 5.87. The molecule has 112 valence electrons. The summed E-state index contributed by atoms with van der Waals surface area (Å²) in [6.45, 7) is 14.1. The molecule has 0 spiro atoms. The van der Waals surface area contributed by atoms with E-state index in [-0.39, 0.29) is 11.3 Å². The first-order valence-corrected chi connectivity index (χ1v) is 7.24. The largest absolute Gasteiger partial charge is 0.505 e. The summed E-state index contributed by atoms with van der Waals surface area (Å²) in [5, 5.41) is 10.4. The summed E-state index contributed by atoms with van der Waals surface area (Å²) >= 11 is 0. The van der Waals surface area contributed by atoms with Crippen LogP contribution >= 0.6 is 0 Å². The van der Waals surface area contributed by atoms with E-state index in [1.165, 1.54) is 10.9 Å². The topological polar surface area (TPSA) is 55.1 Å². The van der Waals surface area contributed by atoms with Crippen LogP contribution in [0.15, 0.2) is 17.2 Å². The second-order valence-electron chi connectivity index (χ2n) is 3.92. The molecule has 1 aromatic carbocycles. The fraction of sp³-hybridized carbons (Fsp3) is 0.500. The van der Waals surface area contributed by atoms with Crippen LogP contribution in [0.5, 0.6) is 5.75 Å². The lowest BCUT2D eigenvalue weighted by molar-refractivity contribution is 0.475.